The fourth-order valence-corrected chi connectivity index (χ4v) is 1.51. The molecule has 0 atom stereocenters. The normalized spacial score (nSPS) is 12.0. The summed E-state index contributed by atoms with van der Waals surface area (Å²) in [5.74, 6) is -1.13. The molecule has 1 aromatic rings. The molecular formula is C8H4Cl4F5NO. The lowest BCUT2D eigenvalue weighted by Gasteiger charge is -2.22. The molecule has 0 saturated heterocycles. The number of anilines is 1. The Morgan fingerprint density at radius 2 is 1.47 bits per heavy atom. The first kappa shape index (κ1) is 18.6. The van der Waals surface area contributed by atoms with E-state index in [1.54, 1.807) is 0 Å². The highest BCUT2D eigenvalue weighted by Crippen LogP contribution is 2.46. The zero-order valence-electron chi connectivity index (χ0n) is 8.49. The Labute approximate surface area is 125 Å². The highest BCUT2D eigenvalue weighted by atomic mass is 35.5. The summed E-state index contributed by atoms with van der Waals surface area (Å²) >= 11 is 16.3. The fourth-order valence-electron chi connectivity index (χ4n) is 0.873. The van der Waals surface area contributed by atoms with Gasteiger partial charge in [-0.1, -0.05) is 34.8 Å². The quantitative estimate of drug-likeness (QED) is 0.444. The summed E-state index contributed by atoms with van der Waals surface area (Å²) in [5, 5.41) is -1.43. The standard InChI is InChI=1S/C8H3Cl3F5NO.ClH/c9-2-1-3(10)5(17)6(4(2)11)18-8(15,16)7(12,13)14;/h1H,17H2;1H. The topological polar surface area (TPSA) is 35.2 Å². The molecule has 0 spiro atoms. The minimum atomic E-state index is -5.93. The summed E-state index contributed by atoms with van der Waals surface area (Å²) in [5.41, 5.74) is 4.53. The van der Waals surface area contributed by atoms with Gasteiger partial charge in [0.1, 0.15) is 5.02 Å². The van der Waals surface area contributed by atoms with Gasteiger partial charge in [0.25, 0.3) is 0 Å². The second-order valence-electron chi connectivity index (χ2n) is 3.01. The Morgan fingerprint density at radius 1 is 1.00 bits per heavy atom. The van der Waals surface area contributed by atoms with Gasteiger partial charge in [0.05, 0.1) is 15.7 Å². The van der Waals surface area contributed by atoms with E-state index in [4.69, 9.17) is 40.5 Å². The Bertz CT molecular complexity index is 453. The van der Waals surface area contributed by atoms with Crippen LogP contribution in [0, 0.1) is 0 Å². The maximum Gasteiger partial charge on any atom is 0.499 e. The molecule has 0 amide bonds. The second kappa shape index (κ2) is 5.95. The van der Waals surface area contributed by atoms with Crippen molar-refractivity contribution in [3.63, 3.8) is 0 Å². The van der Waals surface area contributed by atoms with Crippen molar-refractivity contribution < 1.29 is 26.7 Å². The van der Waals surface area contributed by atoms with Gasteiger partial charge in [0.15, 0.2) is 5.75 Å². The highest BCUT2D eigenvalue weighted by Gasteiger charge is 2.61. The van der Waals surface area contributed by atoms with Gasteiger partial charge >= 0.3 is 12.3 Å². The van der Waals surface area contributed by atoms with Crippen molar-refractivity contribution >= 4 is 52.9 Å². The number of hydrogen-bond acceptors (Lipinski definition) is 2. The monoisotopic (exact) mass is 365 g/mol. The van der Waals surface area contributed by atoms with E-state index >= 15 is 0 Å². The van der Waals surface area contributed by atoms with Crippen molar-refractivity contribution in [3.05, 3.63) is 21.1 Å². The van der Waals surface area contributed by atoms with Crippen LogP contribution in [0.25, 0.3) is 0 Å². The molecule has 0 heterocycles. The van der Waals surface area contributed by atoms with E-state index in [1.165, 1.54) is 0 Å². The van der Waals surface area contributed by atoms with Crippen molar-refractivity contribution in [2.24, 2.45) is 0 Å². The molecule has 0 fully saturated rings. The molecule has 0 aliphatic rings. The van der Waals surface area contributed by atoms with E-state index < -0.39 is 28.7 Å². The molecule has 1 aromatic carbocycles. The molecule has 19 heavy (non-hydrogen) atoms. The molecule has 0 radical (unpaired) electrons. The molecule has 2 nitrogen and oxygen atoms in total. The summed E-state index contributed by atoms with van der Waals surface area (Å²) in [6.07, 6.45) is -11.4. The summed E-state index contributed by atoms with van der Waals surface area (Å²) in [6, 6.07) is 0.985. The van der Waals surface area contributed by atoms with Gasteiger partial charge in [0, 0.05) is 0 Å². The number of ether oxygens (including phenoxy) is 1. The number of benzene rings is 1. The molecular weight excluding hydrogens is 363 g/mol. The largest absolute Gasteiger partial charge is 0.499 e. The molecule has 0 saturated carbocycles. The van der Waals surface area contributed by atoms with Gasteiger partial charge in [-0.3, -0.25) is 0 Å². The first-order valence-corrected chi connectivity index (χ1v) is 5.17. The lowest BCUT2D eigenvalue weighted by Crippen LogP contribution is -2.42. The average molecular weight is 367 g/mol. The van der Waals surface area contributed by atoms with Crippen LogP contribution in [0.2, 0.25) is 15.1 Å². The third-order valence-electron chi connectivity index (χ3n) is 1.72. The van der Waals surface area contributed by atoms with E-state index in [1.807, 2.05) is 0 Å². The van der Waals surface area contributed by atoms with E-state index in [-0.39, 0.29) is 22.5 Å². The van der Waals surface area contributed by atoms with Crippen LogP contribution in [0.3, 0.4) is 0 Å². The molecule has 0 aliphatic heterocycles. The van der Waals surface area contributed by atoms with Crippen LogP contribution in [0.1, 0.15) is 0 Å². The molecule has 0 unspecified atom stereocenters. The Kier molecular flexibility index (Phi) is 5.83. The van der Waals surface area contributed by atoms with Crippen molar-refractivity contribution in [3.8, 4) is 5.75 Å². The first-order chi connectivity index (χ1) is 7.97. The Hall–Kier alpha value is -0.370. The lowest BCUT2D eigenvalue weighted by molar-refractivity contribution is -0.360. The average Bonchev–Trinajstić information content (AvgIpc) is 2.20. The molecule has 0 aromatic heterocycles. The highest BCUT2D eigenvalue weighted by molar-refractivity contribution is 6.45. The van der Waals surface area contributed by atoms with Gasteiger partial charge in [-0.2, -0.15) is 22.0 Å². The van der Waals surface area contributed by atoms with E-state index in [0.717, 1.165) is 6.07 Å². The van der Waals surface area contributed by atoms with E-state index in [9.17, 15) is 22.0 Å². The molecule has 11 heteroatoms. The number of nitrogens with two attached hydrogens (primary N) is 1. The van der Waals surface area contributed by atoms with Gasteiger partial charge in [-0.15, -0.1) is 12.4 Å². The maximum absolute atomic E-state index is 12.7. The first-order valence-electron chi connectivity index (χ1n) is 4.04. The smallest absolute Gasteiger partial charge is 0.422 e. The lowest BCUT2D eigenvalue weighted by atomic mass is 10.3. The number of nitrogen functional groups attached to an aromatic ring is 1. The predicted octanol–water partition coefficient (Wildman–Crippen LogP) is 5.18. The van der Waals surface area contributed by atoms with Crippen molar-refractivity contribution in [1.29, 1.82) is 0 Å². The van der Waals surface area contributed by atoms with Crippen LogP contribution in [0.15, 0.2) is 6.07 Å². The SMILES string of the molecule is Cl.Nc1c(Cl)cc(Cl)c(Cl)c1OC(F)(F)C(F)(F)F. The predicted molar refractivity (Wildman–Crippen MR) is 64.8 cm³/mol. The van der Waals surface area contributed by atoms with Crippen LogP contribution in [0.5, 0.6) is 5.75 Å². The minimum absolute atomic E-state index is 0. The summed E-state index contributed by atoms with van der Waals surface area (Å²) < 4.78 is 64.8. The maximum atomic E-state index is 12.7. The Balaban J connectivity index is 0.00000324. The van der Waals surface area contributed by atoms with Gasteiger partial charge in [-0.25, -0.2) is 0 Å². The minimum Gasteiger partial charge on any atom is -0.422 e. The third-order valence-corrected chi connectivity index (χ3v) is 2.81. The fraction of sp³-hybridized carbons (Fsp3) is 0.250. The summed E-state index contributed by atoms with van der Waals surface area (Å²) in [6.45, 7) is 0. The van der Waals surface area contributed by atoms with Crippen molar-refractivity contribution in [1.82, 2.24) is 0 Å². The number of hydrogen-bond donors (Lipinski definition) is 1. The van der Waals surface area contributed by atoms with Crippen LogP contribution in [0.4, 0.5) is 27.6 Å². The zero-order chi connectivity index (χ0) is 14.3. The molecule has 1 rings (SSSR count). The van der Waals surface area contributed by atoms with Crippen LogP contribution in [-0.4, -0.2) is 12.3 Å². The van der Waals surface area contributed by atoms with Crippen LogP contribution >= 0.6 is 47.2 Å². The van der Waals surface area contributed by atoms with Crippen LogP contribution < -0.4 is 10.5 Å². The molecule has 110 valence electrons. The van der Waals surface area contributed by atoms with Gasteiger partial charge in [0.2, 0.25) is 0 Å². The summed E-state index contributed by atoms with van der Waals surface area (Å²) in [7, 11) is 0. The van der Waals surface area contributed by atoms with Gasteiger partial charge in [-0.05, 0) is 6.07 Å². The summed E-state index contributed by atoms with van der Waals surface area (Å²) in [4.78, 5) is 0. The molecule has 2 N–H and O–H groups in total. The number of alkyl halides is 5. The van der Waals surface area contributed by atoms with Crippen molar-refractivity contribution in [2.45, 2.75) is 12.3 Å². The zero-order valence-corrected chi connectivity index (χ0v) is 11.6. The second-order valence-corrected chi connectivity index (χ2v) is 4.21. The molecule has 0 aliphatic carbocycles. The number of halogens is 9. The third kappa shape index (κ3) is 3.81. The Morgan fingerprint density at radius 3 is 1.89 bits per heavy atom. The van der Waals surface area contributed by atoms with E-state index in [0.29, 0.717) is 0 Å². The molecule has 0 bridgehead atoms. The van der Waals surface area contributed by atoms with Crippen molar-refractivity contribution in [2.75, 3.05) is 5.73 Å². The number of rotatable bonds is 2. The van der Waals surface area contributed by atoms with Crippen LogP contribution in [-0.2, 0) is 0 Å². The van der Waals surface area contributed by atoms with E-state index in [2.05, 4.69) is 4.74 Å². The van der Waals surface area contributed by atoms with Gasteiger partial charge < -0.3 is 10.5 Å².